The third-order valence-electron chi connectivity index (χ3n) is 5.36. The van der Waals surface area contributed by atoms with Crippen molar-refractivity contribution in [3.63, 3.8) is 0 Å². The highest BCUT2D eigenvalue weighted by Gasteiger charge is 2.23. The smallest absolute Gasteiger partial charge is 0.274 e. The third kappa shape index (κ3) is 5.70. The lowest BCUT2D eigenvalue weighted by Crippen LogP contribution is -2.30. The fourth-order valence-corrected chi connectivity index (χ4v) is 3.43. The minimum atomic E-state index is -0.201. The number of ether oxygens (including phenoxy) is 1. The van der Waals surface area contributed by atoms with Crippen molar-refractivity contribution in [2.75, 3.05) is 13.1 Å². The molecular weight excluding hydrogens is 390 g/mol. The summed E-state index contributed by atoms with van der Waals surface area (Å²) in [4.78, 5) is 12.7. The molecule has 0 aliphatic carbocycles. The molecule has 1 aliphatic heterocycles. The first kappa shape index (κ1) is 23.2. The van der Waals surface area contributed by atoms with Crippen molar-refractivity contribution in [2.45, 2.75) is 65.6 Å². The molecule has 0 saturated carbocycles. The van der Waals surface area contributed by atoms with E-state index in [1.54, 1.807) is 0 Å². The summed E-state index contributed by atoms with van der Waals surface area (Å²) >= 11 is 0. The van der Waals surface area contributed by atoms with Gasteiger partial charge in [-0.2, -0.15) is 0 Å². The highest BCUT2D eigenvalue weighted by molar-refractivity contribution is 5.93. The van der Waals surface area contributed by atoms with Gasteiger partial charge in [-0.15, -0.1) is 17.5 Å². The van der Waals surface area contributed by atoms with Gasteiger partial charge < -0.3 is 15.4 Å². The molecule has 2 heterocycles. The van der Waals surface area contributed by atoms with Gasteiger partial charge in [-0.3, -0.25) is 4.79 Å². The number of benzene rings is 1. The van der Waals surface area contributed by atoms with Gasteiger partial charge in [0.15, 0.2) is 5.69 Å². The largest absolute Gasteiger partial charge is 0.490 e. The van der Waals surface area contributed by atoms with Gasteiger partial charge in [-0.25, -0.2) is 4.68 Å². The van der Waals surface area contributed by atoms with Crippen molar-refractivity contribution in [3.05, 3.63) is 40.7 Å². The Bertz CT molecular complexity index is 817. The van der Waals surface area contributed by atoms with E-state index in [-0.39, 0.29) is 24.4 Å². The standard InChI is InChI=1S/C21H31N5O2.ClH/c1-5-15(3)28-19-12-14(2)6-7-17(19)13-23-21(27)20-16(4)26(25-24-20)18-8-10-22-11-9-18;/h6-7,12,15,18,22H,5,8-11,13H2,1-4H3,(H,23,27);1H. The summed E-state index contributed by atoms with van der Waals surface area (Å²) in [6, 6.07) is 6.37. The number of amides is 1. The molecule has 0 bridgehead atoms. The molecule has 2 aromatic rings. The SMILES string of the molecule is CCC(C)Oc1cc(C)ccc1CNC(=O)c1nnn(C2CCNCC2)c1C.Cl. The Morgan fingerprint density at radius 1 is 1.34 bits per heavy atom. The molecule has 1 unspecified atom stereocenters. The first-order valence-electron chi connectivity index (χ1n) is 10.2. The Morgan fingerprint density at radius 2 is 2.07 bits per heavy atom. The summed E-state index contributed by atoms with van der Waals surface area (Å²) in [5.41, 5.74) is 3.32. The van der Waals surface area contributed by atoms with Crippen molar-refractivity contribution in [2.24, 2.45) is 0 Å². The van der Waals surface area contributed by atoms with Crippen molar-refractivity contribution in [1.82, 2.24) is 25.6 Å². The monoisotopic (exact) mass is 421 g/mol. The van der Waals surface area contributed by atoms with Crippen LogP contribution in [0.25, 0.3) is 0 Å². The van der Waals surface area contributed by atoms with Gasteiger partial charge in [0.2, 0.25) is 0 Å². The lowest BCUT2D eigenvalue weighted by atomic mass is 10.1. The Kier molecular flexibility index (Phi) is 8.46. The summed E-state index contributed by atoms with van der Waals surface area (Å²) < 4.78 is 7.93. The molecule has 1 aromatic carbocycles. The maximum absolute atomic E-state index is 12.7. The minimum absolute atomic E-state index is 0. The van der Waals surface area contributed by atoms with E-state index in [4.69, 9.17) is 4.74 Å². The van der Waals surface area contributed by atoms with Gasteiger partial charge in [0.1, 0.15) is 5.75 Å². The van der Waals surface area contributed by atoms with E-state index in [2.05, 4.69) is 27.9 Å². The second-order valence-electron chi connectivity index (χ2n) is 7.58. The number of aromatic nitrogens is 3. The van der Waals surface area contributed by atoms with E-state index in [9.17, 15) is 4.79 Å². The topological polar surface area (TPSA) is 81.1 Å². The summed E-state index contributed by atoms with van der Waals surface area (Å²) in [6.45, 7) is 10.4. The van der Waals surface area contributed by atoms with Crippen LogP contribution in [-0.2, 0) is 6.54 Å². The van der Waals surface area contributed by atoms with Gasteiger partial charge in [-0.05, 0) is 64.8 Å². The fraction of sp³-hybridized carbons (Fsp3) is 0.571. The van der Waals surface area contributed by atoms with Crippen molar-refractivity contribution < 1.29 is 9.53 Å². The molecule has 1 aliphatic rings. The van der Waals surface area contributed by atoms with Gasteiger partial charge >= 0.3 is 0 Å². The Labute approximate surface area is 179 Å². The molecule has 1 aromatic heterocycles. The van der Waals surface area contributed by atoms with Crippen LogP contribution < -0.4 is 15.4 Å². The summed E-state index contributed by atoms with van der Waals surface area (Å²) in [7, 11) is 0. The van der Waals surface area contributed by atoms with Crippen LogP contribution in [0.3, 0.4) is 0 Å². The number of halogens is 1. The summed E-state index contributed by atoms with van der Waals surface area (Å²) in [5.74, 6) is 0.623. The first-order valence-corrected chi connectivity index (χ1v) is 10.2. The maximum atomic E-state index is 12.7. The highest BCUT2D eigenvalue weighted by atomic mass is 35.5. The van der Waals surface area contributed by atoms with Gasteiger partial charge in [0, 0.05) is 12.1 Å². The number of hydrogen-bond acceptors (Lipinski definition) is 5. The minimum Gasteiger partial charge on any atom is -0.490 e. The van der Waals surface area contributed by atoms with E-state index in [1.807, 2.05) is 43.7 Å². The Hall–Kier alpha value is -2.12. The Morgan fingerprint density at radius 3 is 2.76 bits per heavy atom. The molecule has 0 spiro atoms. The van der Waals surface area contributed by atoms with E-state index in [0.717, 1.165) is 54.9 Å². The van der Waals surface area contributed by atoms with E-state index >= 15 is 0 Å². The molecule has 2 N–H and O–H groups in total. The number of rotatable bonds is 7. The number of aryl methyl sites for hydroxylation is 1. The lowest BCUT2D eigenvalue weighted by molar-refractivity contribution is 0.0944. The second kappa shape index (κ2) is 10.6. The van der Waals surface area contributed by atoms with Crippen LogP contribution in [0, 0.1) is 13.8 Å². The Balaban J connectivity index is 0.00000300. The van der Waals surface area contributed by atoms with Crippen LogP contribution in [0.5, 0.6) is 5.75 Å². The highest BCUT2D eigenvalue weighted by Crippen LogP contribution is 2.23. The normalized spacial score (nSPS) is 15.4. The van der Waals surface area contributed by atoms with Crippen LogP contribution in [0.2, 0.25) is 0 Å². The average Bonchev–Trinajstić information content (AvgIpc) is 3.09. The van der Waals surface area contributed by atoms with Gasteiger partial charge in [0.25, 0.3) is 5.91 Å². The molecule has 1 amide bonds. The first-order chi connectivity index (χ1) is 13.5. The molecule has 1 fully saturated rings. The van der Waals surface area contributed by atoms with E-state index < -0.39 is 0 Å². The van der Waals surface area contributed by atoms with Crippen LogP contribution in [-0.4, -0.2) is 40.1 Å². The molecule has 29 heavy (non-hydrogen) atoms. The molecule has 7 nitrogen and oxygen atoms in total. The fourth-order valence-electron chi connectivity index (χ4n) is 3.43. The molecule has 1 atom stereocenters. The zero-order valence-corrected chi connectivity index (χ0v) is 18.5. The van der Waals surface area contributed by atoms with Gasteiger partial charge in [0.05, 0.1) is 17.8 Å². The zero-order chi connectivity index (χ0) is 20.1. The van der Waals surface area contributed by atoms with Crippen molar-refractivity contribution >= 4 is 18.3 Å². The number of piperidine rings is 1. The lowest BCUT2D eigenvalue weighted by Gasteiger charge is -2.23. The van der Waals surface area contributed by atoms with Crippen molar-refractivity contribution in [3.8, 4) is 5.75 Å². The predicted molar refractivity (Wildman–Crippen MR) is 116 cm³/mol. The third-order valence-corrected chi connectivity index (χ3v) is 5.36. The summed E-state index contributed by atoms with van der Waals surface area (Å²) in [5, 5.41) is 14.7. The predicted octanol–water partition coefficient (Wildman–Crippen LogP) is 3.35. The molecule has 160 valence electrons. The van der Waals surface area contributed by atoms with E-state index in [0.29, 0.717) is 18.3 Å². The molecule has 1 saturated heterocycles. The molecule has 8 heteroatoms. The number of carbonyl (C=O) groups is 1. The van der Waals surface area contributed by atoms with Crippen LogP contribution >= 0.6 is 12.4 Å². The molecule has 3 rings (SSSR count). The van der Waals surface area contributed by atoms with Crippen LogP contribution in [0.4, 0.5) is 0 Å². The van der Waals surface area contributed by atoms with E-state index in [1.165, 1.54) is 0 Å². The molecule has 0 radical (unpaired) electrons. The average molecular weight is 422 g/mol. The number of hydrogen-bond donors (Lipinski definition) is 2. The van der Waals surface area contributed by atoms with Crippen LogP contribution in [0.1, 0.15) is 66.5 Å². The van der Waals surface area contributed by atoms with Crippen molar-refractivity contribution in [1.29, 1.82) is 0 Å². The second-order valence-corrected chi connectivity index (χ2v) is 7.58. The number of nitrogens with zero attached hydrogens (tertiary/aromatic N) is 3. The quantitative estimate of drug-likeness (QED) is 0.716. The van der Waals surface area contributed by atoms with Gasteiger partial charge in [-0.1, -0.05) is 24.3 Å². The molecular formula is C21H32ClN5O2. The number of nitrogens with one attached hydrogen (secondary N) is 2. The number of carbonyl (C=O) groups excluding carboxylic acids is 1. The zero-order valence-electron chi connectivity index (χ0n) is 17.7. The summed E-state index contributed by atoms with van der Waals surface area (Å²) in [6.07, 6.45) is 3.07. The maximum Gasteiger partial charge on any atom is 0.274 e. The van der Waals surface area contributed by atoms with Crippen LogP contribution in [0.15, 0.2) is 18.2 Å².